The van der Waals surface area contributed by atoms with E-state index in [0.29, 0.717) is 0 Å². The van der Waals surface area contributed by atoms with Gasteiger partial charge in [0.25, 0.3) is 0 Å². The molecule has 0 aliphatic heterocycles. The van der Waals surface area contributed by atoms with Crippen LogP contribution in [0.4, 0.5) is 0 Å². The smallest absolute Gasteiger partial charge is 0.227 e. The second-order valence-electron chi connectivity index (χ2n) is 4.09. The predicted octanol–water partition coefficient (Wildman–Crippen LogP) is 1.30. The lowest BCUT2D eigenvalue weighted by Gasteiger charge is -2.13. The quantitative estimate of drug-likeness (QED) is 0.811. The molecule has 4 nitrogen and oxygen atoms in total. The van der Waals surface area contributed by atoms with E-state index in [1.165, 1.54) is 0 Å². The average molecular weight is 237 g/mol. The van der Waals surface area contributed by atoms with Gasteiger partial charge in [-0.25, -0.2) is 0 Å². The van der Waals surface area contributed by atoms with E-state index >= 15 is 0 Å². The number of hydrogen-bond acceptors (Lipinski definition) is 3. The number of rotatable bonds is 5. The molecule has 2 N–H and O–H groups in total. The average Bonchev–Trinajstić information content (AvgIpc) is 2.35. The monoisotopic (exact) mass is 237 g/mol. The van der Waals surface area contributed by atoms with E-state index in [1.54, 1.807) is 14.0 Å². The Hall–Kier alpha value is -1.55. The molecule has 1 amide bonds. The molecule has 2 atom stereocenters. The molecule has 0 aliphatic carbocycles. The highest BCUT2D eigenvalue weighted by atomic mass is 16.5. The Balaban J connectivity index is 2.61. The van der Waals surface area contributed by atoms with Gasteiger partial charge in [-0.05, 0) is 31.5 Å². The molecule has 0 aromatic heterocycles. The molecule has 17 heavy (non-hydrogen) atoms. The molecule has 4 heteroatoms. The van der Waals surface area contributed by atoms with Gasteiger partial charge in [-0.3, -0.25) is 4.79 Å². The zero-order valence-electron chi connectivity index (χ0n) is 10.4. The minimum atomic E-state index is -0.526. The van der Waals surface area contributed by atoms with Gasteiger partial charge in [0.1, 0.15) is 5.75 Å². The molecular formula is C13H19NO3. The first-order chi connectivity index (χ1) is 8.04. The highest BCUT2D eigenvalue weighted by Crippen LogP contribution is 2.19. The first kappa shape index (κ1) is 13.5. The Labute approximate surface area is 102 Å². The van der Waals surface area contributed by atoms with Crippen molar-refractivity contribution < 1.29 is 14.6 Å². The molecular weight excluding hydrogens is 218 g/mol. The number of carbonyl (C=O) groups excluding carboxylic acids is 1. The van der Waals surface area contributed by atoms with Crippen molar-refractivity contribution in [1.82, 2.24) is 5.32 Å². The summed E-state index contributed by atoms with van der Waals surface area (Å²) in [6.07, 6.45) is -0.526. The summed E-state index contributed by atoms with van der Waals surface area (Å²) in [7, 11) is 1.60. The molecule has 0 saturated carbocycles. The molecule has 2 unspecified atom stereocenters. The number of benzene rings is 1. The Bertz CT molecular complexity index is 359. The summed E-state index contributed by atoms with van der Waals surface area (Å²) in [6, 6.07) is 7.39. The zero-order valence-corrected chi connectivity index (χ0v) is 10.4. The van der Waals surface area contributed by atoms with Crippen LogP contribution < -0.4 is 10.1 Å². The van der Waals surface area contributed by atoms with Crippen molar-refractivity contribution in [3.8, 4) is 5.75 Å². The third kappa shape index (κ3) is 4.07. The van der Waals surface area contributed by atoms with Crippen LogP contribution in [0.2, 0.25) is 0 Å². The van der Waals surface area contributed by atoms with E-state index in [2.05, 4.69) is 5.32 Å². The molecule has 0 heterocycles. The van der Waals surface area contributed by atoms with Gasteiger partial charge in [0.15, 0.2) is 0 Å². The normalized spacial score (nSPS) is 13.9. The van der Waals surface area contributed by atoms with Crippen LogP contribution in [-0.2, 0) is 4.79 Å². The van der Waals surface area contributed by atoms with E-state index in [-0.39, 0.29) is 18.4 Å². The van der Waals surface area contributed by atoms with E-state index in [1.807, 2.05) is 31.2 Å². The van der Waals surface area contributed by atoms with Crippen LogP contribution in [0.5, 0.6) is 5.75 Å². The maximum atomic E-state index is 11.7. The van der Waals surface area contributed by atoms with Gasteiger partial charge in [0.2, 0.25) is 5.91 Å². The fraction of sp³-hybridized carbons (Fsp3) is 0.462. The molecule has 0 aliphatic rings. The van der Waals surface area contributed by atoms with Crippen molar-refractivity contribution in [2.24, 2.45) is 0 Å². The lowest BCUT2D eigenvalue weighted by Crippen LogP contribution is -2.33. The number of nitrogens with one attached hydrogen (secondary N) is 1. The summed E-state index contributed by atoms with van der Waals surface area (Å²) in [5.41, 5.74) is 0.925. The van der Waals surface area contributed by atoms with Crippen LogP contribution in [0, 0.1) is 0 Å². The number of hydrogen-bond donors (Lipinski definition) is 2. The summed E-state index contributed by atoms with van der Waals surface area (Å²) in [5, 5.41) is 11.8. The molecule has 0 bridgehead atoms. The lowest BCUT2D eigenvalue weighted by molar-refractivity contribution is -0.122. The largest absolute Gasteiger partial charge is 0.497 e. The SMILES string of the molecule is COc1ccc(C(C)C(=O)NCC(C)O)cc1. The molecule has 1 aromatic carbocycles. The number of aliphatic hydroxyl groups is 1. The van der Waals surface area contributed by atoms with Gasteiger partial charge in [-0.15, -0.1) is 0 Å². The molecule has 0 spiro atoms. The van der Waals surface area contributed by atoms with Crippen LogP contribution in [0.15, 0.2) is 24.3 Å². The Morgan fingerprint density at radius 1 is 1.35 bits per heavy atom. The van der Waals surface area contributed by atoms with E-state index < -0.39 is 6.10 Å². The molecule has 0 radical (unpaired) electrons. The second-order valence-corrected chi connectivity index (χ2v) is 4.09. The third-order valence-corrected chi connectivity index (χ3v) is 2.58. The molecule has 1 rings (SSSR count). The maximum Gasteiger partial charge on any atom is 0.227 e. The number of methoxy groups -OCH3 is 1. The van der Waals surface area contributed by atoms with Crippen LogP contribution in [-0.4, -0.2) is 30.8 Å². The third-order valence-electron chi connectivity index (χ3n) is 2.58. The zero-order chi connectivity index (χ0) is 12.8. The minimum Gasteiger partial charge on any atom is -0.497 e. The number of amides is 1. The first-order valence-electron chi connectivity index (χ1n) is 5.64. The van der Waals surface area contributed by atoms with E-state index in [9.17, 15) is 4.79 Å². The topological polar surface area (TPSA) is 58.6 Å². The van der Waals surface area contributed by atoms with E-state index in [0.717, 1.165) is 11.3 Å². The van der Waals surface area contributed by atoms with Crippen LogP contribution >= 0.6 is 0 Å². The molecule has 1 aromatic rings. The van der Waals surface area contributed by atoms with Gasteiger partial charge >= 0.3 is 0 Å². The first-order valence-corrected chi connectivity index (χ1v) is 5.64. The summed E-state index contributed by atoms with van der Waals surface area (Å²) in [6.45, 7) is 3.75. The van der Waals surface area contributed by atoms with Gasteiger partial charge in [-0.2, -0.15) is 0 Å². The van der Waals surface area contributed by atoms with E-state index in [4.69, 9.17) is 9.84 Å². The molecule has 0 fully saturated rings. The Kier molecular flexibility index (Phi) is 4.97. The molecule has 0 saturated heterocycles. The summed E-state index contributed by atoms with van der Waals surface area (Å²) < 4.78 is 5.05. The lowest BCUT2D eigenvalue weighted by atomic mass is 10.0. The second kappa shape index (κ2) is 6.25. The maximum absolute atomic E-state index is 11.7. The molecule has 94 valence electrons. The van der Waals surface area contributed by atoms with Crippen LogP contribution in [0.1, 0.15) is 25.3 Å². The summed E-state index contributed by atoms with van der Waals surface area (Å²) >= 11 is 0. The van der Waals surface area contributed by atoms with Crippen molar-refractivity contribution in [2.45, 2.75) is 25.9 Å². The van der Waals surface area contributed by atoms with Gasteiger partial charge in [-0.1, -0.05) is 12.1 Å². The number of carbonyl (C=O) groups is 1. The van der Waals surface area contributed by atoms with Crippen molar-refractivity contribution in [1.29, 1.82) is 0 Å². The Morgan fingerprint density at radius 3 is 2.41 bits per heavy atom. The standard InChI is InChI=1S/C13H19NO3/c1-9(15)8-14-13(16)10(2)11-4-6-12(17-3)7-5-11/h4-7,9-10,15H,8H2,1-3H3,(H,14,16). The van der Waals surface area contributed by atoms with Crippen molar-refractivity contribution in [3.63, 3.8) is 0 Å². The highest BCUT2D eigenvalue weighted by Gasteiger charge is 2.15. The predicted molar refractivity (Wildman–Crippen MR) is 66.1 cm³/mol. The van der Waals surface area contributed by atoms with Crippen LogP contribution in [0.25, 0.3) is 0 Å². The van der Waals surface area contributed by atoms with Gasteiger partial charge in [0.05, 0.1) is 19.1 Å². The van der Waals surface area contributed by atoms with Crippen LogP contribution in [0.3, 0.4) is 0 Å². The summed E-state index contributed by atoms with van der Waals surface area (Å²) in [4.78, 5) is 11.7. The minimum absolute atomic E-state index is 0.0870. The Morgan fingerprint density at radius 2 is 1.94 bits per heavy atom. The van der Waals surface area contributed by atoms with Gasteiger partial charge < -0.3 is 15.2 Å². The number of ether oxygens (including phenoxy) is 1. The fourth-order valence-corrected chi connectivity index (χ4v) is 1.45. The van der Waals surface area contributed by atoms with Crippen molar-refractivity contribution >= 4 is 5.91 Å². The highest BCUT2D eigenvalue weighted by molar-refractivity contribution is 5.83. The van der Waals surface area contributed by atoms with Gasteiger partial charge in [0, 0.05) is 6.54 Å². The summed E-state index contributed by atoms with van der Waals surface area (Å²) in [5.74, 6) is 0.445. The number of aliphatic hydroxyl groups excluding tert-OH is 1. The van der Waals surface area contributed by atoms with Crippen molar-refractivity contribution in [3.05, 3.63) is 29.8 Å². The van der Waals surface area contributed by atoms with Crippen molar-refractivity contribution in [2.75, 3.05) is 13.7 Å². The fourth-order valence-electron chi connectivity index (χ4n) is 1.45.